The molecule has 0 amide bonds. The minimum absolute atomic E-state index is 0.127. The Labute approximate surface area is 101 Å². The molecule has 0 saturated heterocycles. The molecule has 1 aromatic rings. The Morgan fingerprint density at radius 1 is 1.54 bits per heavy atom. The average Bonchev–Trinajstić information content (AvgIpc) is 2.33. The number of rotatable bonds is 3. The highest BCUT2D eigenvalue weighted by atomic mass is 79.9. The molecule has 0 fully saturated rings. The van der Waals surface area contributed by atoms with Gasteiger partial charge in [0, 0.05) is 20.6 Å². The van der Waals surface area contributed by atoms with E-state index in [1.807, 2.05) is 0 Å². The van der Waals surface area contributed by atoms with Gasteiger partial charge in [0.2, 0.25) is 0 Å². The molecule has 0 nitrogen and oxygen atoms in total. The van der Waals surface area contributed by atoms with Crippen molar-refractivity contribution in [3.63, 3.8) is 0 Å². The van der Waals surface area contributed by atoms with Gasteiger partial charge in [0.1, 0.15) is 4.34 Å². The highest BCUT2D eigenvalue weighted by Gasteiger charge is 2.23. The van der Waals surface area contributed by atoms with E-state index < -0.39 is 0 Å². The fraction of sp³-hybridized carbons (Fsp3) is 0.556. The van der Waals surface area contributed by atoms with Crippen molar-refractivity contribution in [3.8, 4) is 0 Å². The third-order valence-electron chi connectivity index (χ3n) is 2.03. The summed E-state index contributed by atoms with van der Waals surface area (Å²) < 4.78 is 1.80. The maximum atomic E-state index is 5.97. The number of thiophene rings is 1. The van der Waals surface area contributed by atoms with E-state index in [1.54, 1.807) is 11.3 Å². The average molecular weight is 302 g/mol. The van der Waals surface area contributed by atoms with Crippen LogP contribution in [0.15, 0.2) is 10.5 Å². The zero-order valence-electron chi connectivity index (χ0n) is 7.53. The van der Waals surface area contributed by atoms with Gasteiger partial charge in [0.25, 0.3) is 0 Å². The molecule has 0 bridgehead atoms. The van der Waals surface area contributed by atoms with E-state index in [1.165, 1.54) is 4.88 Å². The lowest BCUT2D eigenvalue weighted by Gasteiger charge is -2.21. The summed E-state index contributed by atoms with van der Waals surface area (Å²) in [6, 6.07) is 2.08. The molecule has 0 unspecified atom stereocenters. The summed E-state index contributed by atoms with van der Waals surface area (Å²) in [4.78, 5) is 1.28. The summed E-state index contributed by atoms with van der Waals surface area (Å²) in [6.07, 6.45) is 0.970. The molecule has 1 rings (SSSR count). The maximum Gasteiger partial charge on any atom is 0.107 e. The quantitative estimate of drug-likeness (QED) is 0.684. The third-order valence-corrected chi connectivity index (χ3v) is 5.06. The highest BCUT2D eigenvalue weighted by Crippen LogP contribution is 2.39. The largest absolute Gasteiger partial charge is 0.127 e. The lowest BCUT2D eigenvalue weighted by atomic mass is 9.88. The lowest BCUT2D eigenvalue weighted by molar-refractivity contribution is 0.520. The zero-order valence-corrected chi connectivity index (χ0v) is 11.4. The minimum atomic E-state index is 0.127. The van der Waals surface area contributed by atoms with Gasteiger partial charge in [-0.1, -0.05) is 25.4 Å². The zero-order chi connectivity index (χ0) is 10.1. The molecule has 0 atom stereocenters. The number of hydrogen-bond acceptors (Lipinski definition) is 1. The minimum Gasteiger partial charge on any atom is -0.127 e. The van der Waals surface area contributed by atoms with E-state index in [0.717, 1.165) is 15.2 Å². The molecule has 0 aromatic carbocycles. The Balaban J connectivity index is 2.93. The van der Waals surface area contributed by atoms with Crippen LogP contribution in [0.5, 0.6) is 0 Å². The van der Waals surface area contributed by atoms with Crippen molar-refractivity contribution in [2.75, 3.05) is 5.88 Å². The molecule has 4 heteroatoms. The molecule has 1 heterocycles. The van der Waals surface area contributed by atoms with Crippen LogP contribution in [0.1, 0.15) is 25.1 Å². The second kappa shape index (κ2) is 4.52. The van der Waals surface area contributed by atoms with Crippen molar-refractivity contribution < 1.29 is 0 Å². The molecule has 0 aliphatic carbocycles. The number of hydrogen-bond donors (Lipinski definition) is 0. The summed E-state index contributed by atoms with van der Waals surface area (Å²) in [5.41, 5.74) is 0.127. The van der Waals surface area contributed by atoms with Gasteiger partial charge < -0.3 is 0 Å². The Bertz CT molecular complexity index is 274. The molecule has 0 aliphatic heterocycles. The first kappa shape index (κ1) is 11.8. The summed E-state index contributed by atoms with van der Waals surface area (Å²) in [5.74, 6) is 0.681. The molecule has 1 aromatic heterocycles. The van der Waals surface area contributed by atoms with Crippen molar-refractivity contribution in [2.24, 2.45) is 0 Å². The smallest absolute Gasteiger partial charge is 0.107 e. The van der Waals surface area contributed by atoms with Crippen LogP contribution in [0, 0.1) is 0 Å². The van der Waals surface area contributed by atoms with Crippen molar-refractivity contribution in [3.05, 3.63) is 19.8 Å². The van der Waals surface area contributed by atoms with Crippen LogP contribution < -0.4 is 0 Å². The van der Waals surface area contributed by atoms with Crippen molar-refractivity contribution in [2.45, 2.75) is 25.7 Å². The second-order valence-electron chi connectivity index (χ2n) is 3.56. The van der Waals surface area contributed by atoms with Crippen molar-refractivity contribution in [1.29, 1.82) is 0 Å². The monoisotopic (exact) mass is 300 g/mol. The van der Waals surface area contributed by atoms with Crippen LogP contribution in [-0.2, 0) is 5.41 Å². The summed E-state index contributed by atoms with van der Waals surface area (Å²) in [7, 11) is 0. The topological polar surface area (TPSA) is 0 Å². The Hall–Kier alpha value is 0.760. The highest BCUT2D eigenvalue weighted by molar-refractivity contribution is 9.10. The molecule has 0 aliphatic rings. The van der Waals surface area contributed by atoms with Crippen LogP contribution in [-0.4, -0.2) is 5.88 Å². The van der Waals surface area contributed by atoms with Crippen LogP contribution >= 0.6 is 50.5 Å². The van der Waals surface area contributed by atoms with E-state index >= 15 is 0 Å². The first-order valence-corrected chi connectivity index (χ1v) is 6.51. The van der Waals surface area contributed by atoms with Crippen LogP contribution in [0.2, 0.25) is 4.34 Å². The fourth-order valence-corrected chi connectivity index (χ4v) is 3.34. The van der Waals surface area contributed by atoms with E-state index in [0.29, 0.717) is 5.88 Å². The Morgan fingerprint density at radius 3 is 2.54 bits per heavy atom. The van der Waals surface area contributed by atoms with E-state index in [9.17, 15) is 0 Å². The molecule has 0 radical (unpaired) electrons. The van der Waals surface area contributed by atoms with Crippen molar-refractivity contribution >= 4 is 50.5 Å². The first-order valence-electron chi connectivity index (χ1n) is 3.98. The van der Waals surface area contributed by atoms with Crippen LogP contribution in [0.4, 0.5) is 0 Å². The molecular formula is C9H11BrCl2S. The maximum absolute atomic E-state index is 5.97. The van der Waals surface area contributed by atoms with E-state index in [-0.39, 0.29) is 5.41 Å². The molecule has 0 N–H and O–H groups in total. The summed E-state index contributed by atoms with van der Waals surface area (Å²) >= 11 is 16.7. The van der Waals surface area contributed by atoms with Crippen LogP contribution in [0.25, 0.3) is 0 Å². The van der Waals surface area contributed by atoms with Gasteiger partial charge >= 0.3 is 0 Å². The van der Waals surface area contributed by atoms with Gasteiger partial charge in [-0.15, -0.1) is 22.9 Å². The number of alkyl halides is 1. The van der Waals surface area contributed by atoms with Gasteiger partial charge in [0.15, 0.2) is 0 Å². The van der Waals surface area contributed by atoms with Gasteiger partial charge in [-0.05, 0) is 28.4 Å². The number of halogens is 3. The van der Waals surface area contributed by atoms with Crippen LogP contribution in [0.3, 0.4) is 0 Å². The van der Waals surface area contributed by atoms with Crippen molar-refractivity contribution in [1.82, 2.24) is 0 Å². The van der Waals surface area contributed by atoms with Gasteiger partial charge in [-0.25, -0.2) is 0 Å². The Morgan fingerprint density at radius 2 is 2.15 bits per heavy atom. The van der Waals surface area contributed by atoms with E-state index in [2.05, 4.69) is 35.8 Å². The third kappa shape index (κ3) is 2.85. The predicted molar refractivity (Wildman–Crippen MR) is 65.4 cm³/mol. The normalized spacial score (nSPS) is 12.1. The molecule has 0 spiro atoms. The lowest BCUT2D eigenvalue weighted by Crippen LogP contribution is -2.15. The summed E-state index contributed by atoms with van der Waals surface area (Å²) in [5, 5.41) is 0. The standard InChI is InChI=1S/C9H11BrCl2S/c1-9(2,3-4-11)7-5-6(10)8(12)13-7/h5H,3-4H2,1-2H3. The fourth-order valence-electron chi connectivity index (χ4n) is 1.04. The van der Waals surface area contributed by atoms with Gasteiger partial charge in [0.05, 0.1) is 0 Å². The van der Waals surface area contributed by atoms with Gasteiger partial charge in [-0.3, -0.25) is 0 Å². The Kier molecular flexibility index (Phi) is 4.11. The predicted octanol–water partition coefficient (Wildman–Crippen LogP) is 5.07. The molecular weight excluding hydrogens is 291 g/mol. The molecule has 74 valence electrons. The molecule has 13 heavy (non-hydrogen) atoms. The SMILES string of the molecule is CC(C)(CCCl)c1cc(Br)c(Cl)s1. The second-order valence-corrected chi connectivity index (χ2v) is 6.44. The summed E-state index contributed by atoms with van der Waals surface area (Å²) in [6.45, 7) is 4.37. The van der Waals surface area contributed by atoms with E-state index in [4.69, 9.17) is 23.2 Å². The van der Waals surface area contributed by atoms with Gasteiger partial charge in [-0.2, -0.15) is 0 Å². The first-order chi connectivity index (χ1) is 5.97. The molecule has 0 saturated carbocycles.